The molecule has 3 N–H and O–H groups in total. The van der Waals surface area contributed by atoms with Crippen LogP contribution in [0, 0.1) is 23.1 Å². The molecule has 1 aromatic carbocycles. The van der Waals surface area contributed by atoms with Gasteiger partial charge in [0.15, 0.2) is 5.82 Å². The van der Waals surface area contributed by atoms with Crippen LogP contribution >= 0.6 is 0 Å². The lowest BCUT2D eigenvalue weighted by atomic mass is 10.0. The third-order valence-electron chi connectivity index (χ3n) is 4.60. The van der Waals surface area contributed by atoms with E-state index in [9.17, 15) is 14.3 Å². The van der Waals surface area contributed by atoms with Gasteiger partial charge in [0, 0.05) is 18.8 Å². The molecule has 0 saturated heterocycles. The summed E-state index contributed by atoms with van der Waals surface area (Å²) in [6, 6.07) is 7.12. The number of halogens is 1. The second kappa shape index (κ2) is 7.97. The average molecular weight is 357 g/mol. The monoisotopic (exact) mass is 357 g/mol. The summed E-state index contributed by atoms with van der Waals surface area (Å²) >= 11 is 0. The fourth-order valence-electron chi connectivity index (χ4n) is 3.21. The van der Waals surface area contributed by atoms with Crippen molar-refractivity contribution in [3.8, 4) is 11.8 Å². The largest absolute Gasteiger partial charge is 0.391 e. The number of aromatic nitrogens is 2. The summed E-state index contributed by atoms with van der Waals surface area (Å²) in [5.41, 5.74) is 0.170. The van der Waals surface area contributed by atoms with Gasteiger partial charge in [0.05, 0.1) is 11.8 Å². The van der Waals surface area contributed by atoms with Gasteiger partial charge in [-0.2, -0.15) is 5.26 Å². The highest BCUT2D eigenvalue weighted by Gasteiger charge is 2.23. The maximum atomic E-state index is 13.7. The molecule has 26 heavy (non-hydrogen) atoms. The van der Waals surface area contributed by atoms with E-state index in [4.69, 9.17) is 5.26 Å². The lowest BCUT2D eigenvalue weighted by molar-refractivity contribution is 0.111. The third kappa shape index (κ3) is 4.00. The maximum absolute atomic E-state index is 13.7. The number of hydrogen-bond acceptors (Lipinski definition) is 4. The smallest absolute Gasteiger partial charge is 0.320 e. The van der Waals surface area contributed by atoms with Gasteiger partial charge < -0.3 is 10.4 Å². The molecule has 1 aromatic heterocycles. The Morgan fingerprint density at radius 3 is 2.92 bits per heavy atom. The number of aliphatic hydroxyl groups is 1. The highest BCUT2D eigenvalue weighted by molar-refractivity contribution is 5.88. The minimum atomic E-state index is -0.631. The van der Waals surface area contributed by atoms with E-state index in [0.717, 1.165) is 25.7 Å². The Bertz CT molecular complexity index is 823. The Morgan fingerprint density at radius 1 is 1.42 bits per heavy atom. The Kier molecular flexibility index (Phi) is 5.49. The number of aliphatic hydroxyl groups excluding tert-OH is 1. The molecule has 1 atom stereocenters. The number of hydrogen-bond donors (Lipinski definition) is 3. The number of amides is 2. The van der Waals surface area contributed by atoms with Crippen LogP contribution in [0.3, 0.4) is 0 Å². The molecule has 0 spiro atoms. The van der Waals surface area contributed by atoms with Crippen molar-refractivity contribution in [1.29, 1.82) is 5.26 Å². The fourth-order valence-corrected chi connectivity index (χ4v) is 3.21. The van der Waals surface area contributed by atoms with Crippen LogP contribution in [0.1, 0.15) is 31.2 Å². The second-order valence-corrected chi connectivity index (χ2v) is 6.34. The van der Waals surface area contributed by atoms with Crippen molar-refractivity contribution in [3.63, 3.8) is 0 Å². The van der Waals surface area contributed by atoms with E-state index in [1.807, 2.05) is 6.07 Å². The zero-order valence-electron chi connectivity index (χ0n) is 14.2. The molecule has 8 heteroatoms. The molecular formula is C18H20FN5O2. The van der Waals surface area contributed by atoms with E-state index in [-0.39, 0.29) is 29.5 Å². The summed E-state index contributed by atoms with van der Waals surface area (Å²) in [5.74, 6) is -0.133. The predicted molar refractivity (Wildman–Crippen MR) is 93.2 cm³/mol. The Labute approximate surface area is 150 Å². The Morgan fingerprint density at radius 2 is 2.19 bits per heavy atom. The van der Waals surface area contributed by atoms with E-state index < -0.39 is 18.0 Å². The molecule has 0 aliphatic heterocycles. The topological polar surface area (TPSA) is 103 Å². The van der Waals surface area contributed by atoms with Gasteiger partial charge in [-0.15, -0.1) is 5.10 Å². The fraction of sp³-hybridized carbons (Fsp3) is 0.389. The zero-order chi connectivity index (χ0) is 18.5. The highest BCUT2D eigenvalue weighted by atomic mass is 19.1. The molecule has 1 fully saturated rings. The van der Waals surface area contributed by atoms with Crippen molar-refractivity contribution in [2.24, 2.45) is 5.92 Å². The van der Waals surface area contributed by atoms with Gasteiger partial charge in [-0.3, -0.25) is 5.32 Å². The summed E-state index contributed by atoms with van der Waals surface area (Å²) in [7, 11) is 0. The molecule has 2 aromatic rings. The van der Waals surface area contributed by atoms with Gasteiger partial charge in [0.25, 0.3) is 0 Å². The summed E-state index contributed by atoms with van der Waals surface area (Å²) in [5, 5.41) is 28.5. The van der Waals surface area contributed by atoms with E-state index in [2.05, 4.69) is 15.7 Å². The number of benzene rings is 1. The number of carbonyl (C=O) groups excluding carboxylic acids is 1. The van der Waals surface area contributed by atoms with E-state index in [0.29, 0.717) is 0 Å². The molecule has 1 aliphatic rings. The first-order valence-electron chi connectivity index (χ1n) is 8.56. The molecule has 1 aliphatic carbocycles. The molecule has 7 nitrogen and oxygen atoms in total. The molecule has 1 saturated carbocycles. The summed E-state index contributed by atoms with van der Waals surface area (Å²) in [6.45, 7) is 0.180. The number of anilines is 1. The molecule has 2 amide bonds. The lowest BCUT2D eigenvalue weighted by Crippen LogP contribution is -2.38. The van der Waals surface area contributed by atoms with Crippen molar-refractivity contribution in [2.75, 3.05) is 11.9 Å². The third-order valence-corrected chi connectivity index (χ3v) is 4.60. The maximum Gasteiger partial charge on any atom is 0.320 e. The molecule has 1 unspecified atom stereocenters. The first-order valence-corrected chi connectivity index (χ1v) is 8.56. The average Bonchev–Trinajstić information content (AvgIpc) is 3.31. The van der Waals surface area contributed by atoms with Crippen LogP contribution in [-0.4, -0.2) is 33.6 Å². The Balaban J connectivity index is 1.59. The van der Waals surface area contributed by atoms with E-state index >= 15 is 0 Å². The van der Waals surface area contributed by atoms with Gasteiger partial charge in [0.1, 0.15) is 17.4 Å². The SMILES string of the molecule is N#Cc1c(F)cccc1-n1ccc(NC(=O)NCC(O)C2CCCC2)n1. The van der Waals surface area contributed by atoms with Gasteiger partial charge in [0.2, 0.25) is 0 Å². The van der Waals surface area contributed by atoms with Gasteiger partial charge in [-0.25, -0.2) is 13.9 Å². The van der Waals surface area contributed by atoms with E-state index in [1.54, 1.807) is 12.1 Å². The summed E-state index contributed by atoms with van der Waals surface area (Å²) in [4.78, 5) is 12.0. The highest BCUT2D eigenvalue weighted by Crippen LogP contribution is 2.27. The number of nitriles is 1. The lowest BCUT2D eigenvalue weighted by Gasteiger charge is -2.17. The minimum absolute atomic E-state index is 0.119. The van der Waals surface area contributed by atoms with Gasteiger partial charge in [-0.05, 0) is 30.9 Å². The Hall–Kier alpha value is -2.92. The first kappa shape index (κ1) is 17.9. The molecule has 3 rings (SSSR count). The second-order valence-electron chi connectivity index (χ2n) is 6.34. The molecular weight excluding hydrogens is 337 g/mol. The van der Waals surface area contributed by atoms with Gasteiger partial charge in [-0.1, -0.05) is 18.9 Å². The number of urea groups is 1. The van der Waals surface area contributed by atoms with E-state index in [1.165, 1.54) is 23.0 Å². The van der Waals surface area contributed by atoms with Crippen LogP contribution in [0.15, 0.2) is 30.5 Å². The van der Waals surface area contributed by atoms with Crippen molar-refractivity contribution < 1.29 is 14.3 Å². The van der Waals surface area contributed by atoms with Crippen LogP contribution in [0.5, 0.6) is 0 Å². The molecule has 0 radical (unpaired) electrons. The number of nitrogens with one attached hydrogen (secondary N) is 2. The van der Waals surface area contributed by atoms with Crippen molar-refractivity contribution in [1.82, 2.24) is 15.1 Å². The van der Waals surface area contributed by atoms with Gasteiger partial charge >= 0.3 is 6.03 Å². The number of carbonyl (C=O) groups is 1. The van der Waals surface area contributed by atoms with Crippen molar-refractivity contribution in [2.45, 2.75) is 31.8 Å². The summed E-state index contributed by atoms with van der Waals surface area (Å²) in [6.07, 6.45) is 5.20. The molecule has 136 valence electrons. The normalized spacial score (nSPS) is 15.4. The number of nitrogens with zero attached hydrogens (tertiary/aromatic N) is 3. The van der Waals surface area contributed by atoms with Crippen molar-refractivity contribution in [3.05, 3.63) is 41.8 Å². The quantitative estimate of drug-likeness (QED) is 0.765. The van der Waals surface area contributed by atoms with Crippen LogP contribution in [-0.2, 0) is 0 Å². The standard InChI is InChI=1S/C18H20FN5O2/c19-14-6-3-7-15(13(14)10-20)24-9-8-17(23-24)22-18(26)21-11-16(25)12-4-1-2-5-12/h3,6-9,12,16,25H,1-2,4-5,11H2,(H2,21,22,23,26). The van der Waals surface area contributed by atoms with Crippen LogP contribution < -0.4 is 10.6 Å². The first-order chi connectivity index (χ1) is 12.6. The molecule has 0 bridgehead atoms. The van der Waals surface area contributed by atoms with Crippen LogP contribution in [0.25, 0.3) is 5.69 Å². The minimum Gasteiger partial charge on any atom is -0.391 e. The van der Waals surface area contributed by atoms with Crippen molar-refractivity contribution >= 4 is 11.8 Å². The van der Waals surface area contributed by atoms with Crippen LogP contribution in [0.4, 0.5) is 15.0 Å². The predicted octanol–water partition coefficient (Wildman–Crippen LogP) is 2.56. The molecule has 1 heterocycles. The summed E-state index contributed by atoms with van der Waals surface area (Å²) < 4.78 is 15.0. The van der Waals surface area contributed by atoms with Crippen LogP contribution in [0.2, 0.25) is 0 Å². The number of rotatable bonds is 5. The zero-order valence-corrected chi connectivity index (χ0v) is 14.2.